The Balaban J connectivity index is 2.29. The van der Waals surface area contributed by atoms with Crippen LogP contribution in [0.25, 0.3) is 0 Å². The molecule has 16 heavy (non-hydrogen) atoms. The summed E-state index contributed by atoms with van der Waals surface area (Å²) in [6.07, 6.45) is 4.13. The van der Waals surface area contributed by atoms with Gasteiger partial charge >= 0.3 is 0 Å². The molecule has 1 aromatic rings. The fourth-order valence-corrected chi connectivity index (χ4v) is 3.74. The van der Waals surface area contributed by atoms with Crippen LogP contribution in [0.1, 0.15) is 18.4 Å². The first kappa shape index (κ1) is 12.1. The average molecular weight is 304 g/mol. The van der Waals surface area contributed by atoms with Gasteiger partial charge in [0.2, 0.25) is 0 Å². The zero-order valence-corrected chi connectivity index (χ0v) is 11.4. The van der Waals surface area contributed by atoms with Crippen LogP contribution in [0.15, 0.2) is 27.6 Å². The zero-order valence-electron chi connectivity index (χ0n) is 9.03. The number of hydrogen-bond donors (Lipinski definition) is 1. The first-order valence-corrected chi connectivity index (χ1v) is 7.76. The van der Waals surface area contributed by atoms with Crippen LogP contribution < -0.4 is 5.73 Å². The maximum Gasteiger partial charge on any atom is 0.176 e. The molecule has 0 radical (unpaired) electrons. The minimum absolute atomic E-state index is 0.0496. The first-order chi connectivity index (χ1) is 7.30. The number of hydrogen-bond acceptors (Lipinski definition) is 3. The molecule has 1 aliphatic rings. The summed E-state index contributed by atoms with van der Waals surface area (Å²) in [5.41, 5.74) is 7.05. The van der Waals surface area contributed by atoms with E-state index in [-0.39, 0.29) is 5.54 Å². The third kappa shape index (κ3) is 2.64. The summed E-state index contributed by atoms with van der Waals surface area (Å²) in [6.45, 7) is 0. The van der Waals surface area contributed by atoms with Crippen LogP contribution in [0.2, 0.25) is 0 Å². The minimum Gasteiger partial charge on any atom is -0.325 e. The van der Waals surface area contributed by atoms with Gasteiger partial charge in [0.25, 0.3) is 0 Å². The fraction of sp³-hybridized carbons (Fsp3) is 0.455. The Labute approximate surface area is 104 Å². The zero-order chi connectivity index (χ0) is 12.0. The molecule has 0 aromatic heterocycles. The predicted molar refractivity (Wildman–Crippen MR) is 67.1 cm³/mol. The standard InChI is InChI=1S/C11H14BrNO2S/c1-16(14,15)10-3-2-8(6-9(10)12)7-11(13)4-5-11/h2-3,6H,4-5,7,13H2,1H3. The molecule has 5 heteroatoms. The van der Waals surface area contributed by atoms with Gasteiger partial charge in [-0.15, -0.1) is 0 Å². The van der Waals surface area contributed by atoms with Gasteiger partial charge in [0.1, 0.15) is 0 Å². The number of nitrogens with two attached hydrogens (primary N) is 1. The summed E-state index contributed by atoms with van der Waals surface area (Å²) in [7, 11) is -3.16. The molecule has 0 bridgehead atoms. The summed E-state index contributed by atoms with van der Waals surface area (Å²) in [5.74, 6) is 0. The van der Waals surface area contributed by atoms with E-state index in [1.165, 1.54) is 6.26 Å². The van der Waals surface area contributed by atoms with Gasteiger partial charge in [-0.1, -0.05) is 6.07 Å². The van der Waals surface area contributed by atoms with E-state index in [1.807, 2.05) is 12.1 Å². The molecule has 0 saturated heterocycles. The predicted octanol–water partition coefficient (Wildman–Crippen LogP) is 1.89. The minimum atomic E-state index is -3.16. The maximum atomic E-state index is 11.4. The van der Waals surface area contributed by atoms with E-state index in [1.54, 1.807) is 6.07 Å². The topological polar surface area (TPSA) is 60.2 Å². The van der Waals surface area contributed by atoms with Crippen molar-refractivity contribution in [2.24, 2.45) is 5.73 Å². The Hall–Kier alpha value is -0.390. The molecule has 1 saturated carbocycles. The van der Waals surface area contributed by atoms with Gasteiger partial charge in [-0.25, -0.2) is 8.42 Å². The third-order valence-electron chi connectivity index (χ3n) is 2.84. The Morgan fingerprint density at radius 3 is 2.50 bits per heavy atom. The summed E-state index contributed by atoms with van der Waals surface area (Å²) in [4.78, 5) is 0.332. The highest BCUT2D eigenvalue weighted by molar-refractivity contribution is 9.10. The molecular weight excluding hydrogens is 290 g/mol. The van der Waals surface area contributed by atoms with Crippen molar-refractivity contribution in [2.75, 3.05) is 6.26 Å². The van der Waals surface area contributed by atoms with E-state index in [9.17, 15) is 8.42 Å². The SMILES string of the molecule is CS(=O)(=O)c1ccc(CC2(N)CC2)cc1Br. The van der Waals surface area contributed by atoms with Gasteiger partial charge in [0.15, 0.2) is 9.84 Å². The van der Waals surface area contributed by atoms with E-state index >= 15 is 0 Å². The van der Waals surface area contributed by atoms with Crippen LogP contribution >= 0.6 is 15.9 Å². The van der Waals surface area contributed by atoms with Gasteiger partial charge in [0, 0.05) is 16.3 Å². The van der Waals surface area contributed by atoms with Gasteiger partial charge in [-0.2, -0.15) is 0 Å². The molecule has 1 aliphatic carbocycles. The van der Waals surface area contributed by atoms with Crippen LogP contribution in [-0.2, 0) is 16.3 Å². The smallest absolute Gasteiger partial charge is 0.176 e. The highest BCUT2D eigenvalue weighted by Crippen LogP contribution is 2.36. The van der Waals surface area contributed by atoms with E-state index < -0.39 is 9.84 Å². The molecule has 3 nitrogen and oxygen atoms in total. The molecule has 0 amide bonds. The molecule has 0 aliphatic heterocycles. The van der Waals surface area contributed by atoms with Crippen molar-refractivity contribution in [1.29, 1.82) is 0 Å². The lowest BCUT2D eigenvalue weighted by atomic mass is 10.1. The van der Waals surface area contributed by atoms with Gasteiger partial charge in [0.05, 0.1) is 4.90 Å². The Morgan fingerprint density at radius 1 is 1.44 bits per heavy atom. The van der Waals surface area contributed by atoms with E-state index in [0.29, 0.717) is 9.37 Å². The lowest BCUT2D eigenvalue weighted by Gasteiger charge is -2.10. The second-order valence-corrected chi connectivity index (χ2v) is 7.41. The summed E-state index contributed by atoms with van der Waals surface area (Å²) in [5, 5.41) is 0. The van der Waals surface area contributed by atoms with Crippen molar-refractivity contribution < 1.29 is 8.42 Å². The molecule has 0 spiro atoms. The molecule has 0 atom stereocenters. The molecule has 1 fully saturated rings. The highest BCUT2D eigenvalue weighted by atomic mass is 79.9. The summed E-state index contributed by atoms with van der Waals surface area (Å²) >= 11 is 3.29. The average Bonchev–Trinajstić information content (AvgIpc) is 2.80. The van der Waals surface area contributed by atoms with Crippen molar-refractivity contribution in [3.8, 4) is 0 Å². The largest absolute Gasteiger partial charge is 0.325 e. The Kier molecular flexibility index (Phi) is 2.88. The second kappa shape index (κ2) is 3.82. The van der Waals surface area contributed by atoms with Crippen molar-refractivity contribution in [3.05, 3.63) is 28.2 Å². The van der Waals surface area contributed by atoms with Crippen molar-refractivity contribution in [2.45, 2.75) is 29.7 Å². The number of sulfone groups is 1. The molecule has 2 N–H and O–H groups in total. The monoisotopic (exact) mass is 303 g/mol. The number of rotatable bonds is 3. The normalized spacial score (nSPS) is 18.4. The first-order valence-electron chi connectivity index (χ1n) is 5.08. The molecule has 0 heterocycles. The van der Waals surface area contributed by atoms with Gasteiger partial charge < -0.3 is 5.73 Å². The van der Waals surface area contributed by atoms with Crippen LogP contribution in [0.3, 0.4) is 0 Å². The van der Waals surface area contributed by atoms with Gasteiger partial charge in [-0.3, -0.25) is 0 Å². The lowest BCUT2D eigenvalue weighted by Crippen LogP contribution is -2.24. The van der Waals surface area contributed by atoms with E-state index in [2.05, 4.69) is 15.9 Å². The van der Waals surface area contributed by atoms with Crippen LogP contribution in [-0.4, -0.2) is 20.2 Å². The van der Waals surface area contributed by atoms with Crippen LogP contribution in [0, 0.1) is 0 Å². The molecule has 1 aromatic carbocycles. The van der Waals surface area contributed by atoms with Crippen molar-refractivity contribution >= 4 is 25.8 Å². The molecule has 0 unspecified atom stereocenters. The maximum absolute atomic E-state index is 11.4. The molecule has 88 valence electrons. The quantitative estimate of drug-likeness (QED) is 0.927. The summed E-state index contributed by atoms with van der Waals surface area (Å²) in [6, 6.07) is 5.33. The van der Waals surface area contributed by atoms with Crippen molar-refractivity contribution in [3.63, 3.8) is 0 Å². The molecular formula is C11H14BrNO2S. The lowest BCUT2D eigenvalue weighted by molar-refractivity contribution is 0.601. The molecule has 2 rings (SSSR count). The third-order valence-corrected chi connectivity index (χ3v) is 4.92. The summed E-state index contributed by atoms with van der Waals surface area (Å²) < 4.78 is 23.4. The number of benzene rings is 1. The van der Waals surface area contributed by atoms with Gasteiger partial charge in [-0.05, 0) is 52.9 Å². The van der Waals surface area contributed by atoms with E-state index in [0.717, 1.165) is 24.8 Å². The number of halogens is 1. The van der Waals surface area contributed by atoms with Crippen LogP contribution in [0.4, 0.5) is 0 Å². The fourth-order valence-electron chi connectivity index (χ4n) is 1.70. The van der Waals surface area contributed by atoms with Crippen molar-refractivity contribution in [1.82, 2.24) is 0 Å². The van der Waals surface area contributed by atoms with E-state index in [4.69, 9.17) is 5.73 Å². The second-order valence-electron chi connectivity index (χ2n) is 4.58. The van der Waals surface area contributed by atoms with Crippen LogP contribution in [0.5, 0.6) is 0 Å². The highest BCUT2D eigenvalue weighted by Gasteiger charge is 2.38. The Bertz CT molecular complexity index is 521. The Morgan fingerprint density at radius 2 is 2.06 bits per heavy atom.